The molecule has 1 aromatic carbocycles. The van der Waals surface area contributed by atoms with Crippen LogP contribution in [0.3, 0.4) is 0 Å². The van der Waals surface area contributed by atoms with Gasteiger partial charge in [0.1, 0.15) is 18.2 Å². The minimum atomic E-state index is -1.04. The van der Waals surface area contributed by atoms with Crippen LogP contribution in [0.25, 0.3) is 10.4 Å². The van der Waals surface area contributed by atoms with Crippen LogP contribution in [-0.2, 0) is 18.9 Å². The second kappa shape index (κ2) is 11.3. The van der Waals surface area contributed by atoms with Gasteiger partial charge in [0.25, 0.3) is 0 Å². The van der Waals surface area contributed by atoms with Gasteiger partial charge in [0.15, 0.2) is 12.6 Å². The molecule has 0 radical (unpaired) electrons. The summed E-state index contributed by atoms with van der Waals surface area (Å²) >= 11 is 0. The number of azide groups is 1. The lowest BCUT2D eigenvalue weighted by Gasteiger charge is -2.46. The van der Waals surface area contributed by atoms with E-state index < -0.39 is 36.9 Å². The normalized spacial score (nSPS) is 31.5. The van der Waals surface area contributed by atoms with Gasteiger partial charge in [-0.15, -0.1) is 6.58 Å². The van der Waals surface area contributed by atoms with Crippen molar-refractivity contribution in [2.45, 2.75) is 69.0 Å². The van der Waals surface area contributed by atoms with Crippen molar-refractivity contribution in [1.29, 1.82) is 0 Å². The molecule has 8 nitrogen and oxygen atoms in total. The zero-order chi connectivity index (χ0) is 20.5. The smallest absolute Gasteiger partial charge is 0.184 e. The monoisotopic (exact) mass is 403 g/mol. The van der Waals surface area contributed by atoms with Crippen LogP contribution in [-0.4, -0.2) is 49.0 Å². The quantitative estimate of drug-likeness (QED) is 0.209. The average molecular weight is 403 g/mol. The first-order chi connectivity index (χ1) is 14.2. The van der Waals surface area contributed by atoms with E-state index in [-0.39, 0.29) is 6.61 Å². The molecule has 2 aliphatic rings. The molecular weight excluding hydrogens is 374 g/mol. The van der Waals surface area contributed by atoms with E-state index in [2.05, 4.69) is 16.6 Å². The van der Waals surface area contributed by atoms with Crippen molar-refractivity contribution in [3.05, 3.63) is 59.0 Å². The summed E-state index contributed by atoms with van der Waals surface area (Å²) < 4.78 is 23.5. The summed E-state index contributed by atoms with van der Waals surface area (Å²) in [5.74, 6) is 0. The lowest BCUT2D eigenvalue weighted by Crippen LogP contribution is -2.61. The highest BCUT2D eigenvalue weighted by Gasteiger charge is 2.49. The van der Waals surface area contributed by atoms with Crippen LogP contribution in [0.15, 0.2) is 48.1 Å². The maximum atomic E-state index is 10.8. The van der Waals surface area contributed by atoms with Crippen molar-refractivity contribution < 1.29 is 24.1 Å². The van der Waals surface area contributed by atoms with Crippen LogP contribution < -0.4 is 0 Å². The largest absolute Gasteiger partial charge is 0.390 e. The maximum absolute atomic E-state index is 10.8. The van der Waals surface area contributed by atoms with Gasteiger partial charge < -0.3 is 24.1 Å². The molecule has 29 heavy (non-hydrogen) atoms. The number of aliphatic hydroxyl groups excluding tert-OH is 1. The van der Waals surface area contributed by atoms with Gasteiger partial charge in [-0.2, -0.15) is 0 Å². The lowest BCUT2D eigenvalue weighted by molar-refractivity contribution is -0.341. The molecule has 2 heterocycles. The fourth-order valence-corrected chi connectivity index (χ4v) is 3.62. The molecule has 2 fully saturated rings. The van der Waals surface area contributed by atoms with E-state index in [9.17, 15) is 5.11 Å². The Morgan fingerprint density at radius 1 is 1.21 bits per heavy atom. The van der Waals surface area contributed by atoms with Crippen molar-refractivity contribution in [3.8, 4) is 0 Å². The Hall–Kier alpha value is -1.93. The number of nitrogens with zero attached hydrogens (tertiary/aromatic N) is 3. The molecule has 0 spiro atoms. The minimum absolute atomic E-state index is 0.256. The molecule has 1 N–H and O–H groups in total. The van der Waals surface area contributed by atoms with Crippen LogP contribution >= 0.6 is 0 Å². The molecule has 2 aliphatic heterocycles. The van der Waals surface area contributed by atoms with Gasteiger partial charge in [-0.3, -0.25) is 0 Å². The Kier molecular flexibility index (Phi) is 8.49. The number of unbranched alkanes of at least 4 members (excludes halogenated alkanes) is 4. The molecule has 3 rings (SSSR count). The predicted molar refractivity (Wildman–Crippen MR) is 107 cm³/mol. The molecule has 0 aliphatic carbocycles. The second-order valence-corrected chi connectivity index (χ2v) is 7.27. The number of rotatable bonds is 10. The van der Waals surface area contributed by atoms with Gasteiger partial charge in [-0.25, -0.2) is 0 Å². The van der Waals surface area contributed by atoms with Crippen molar-refractivity contribution in [2.75, 3.05) is 13.2 Å². The van der Waals surface area contributed by atoms with Crippen molar-refractivity contribution >= 4 is 0 Å². The number of ether oxygens (including phenoxy) is 4. The standard InChI is InChI=1S/C21H29N3O5/c1-2-3-4-5-6-10-13-26-21-17(23-24-22)18(25)19-16(28-21)14-27-20(29-19)15-11-8-7-9-12-15/h2,7-9,11-12,16-21,25H,1,3-6,10,13-14H2/t16-,17-,18-,19+,20?,21-/m1/s1. The molecule has 8 heteroatoms. The average Bonchev–Trinajstić information content (AvgIpc) is 2.76. The molecule has 0 bridgehead atoms. The van der Waals surface area contributed by atoms with Crippen molar-refractivity contribution in [2.24, 2.45) is 5.11 Å². The molecule has 2 saturated heterocycles. The highest BCUT2D eigenvalue weighted by atomic mass is 16.7. The molecule has 0 saturated carbocycles. The Morgan fingerprint density at radius 3 is 2.76 bits per heavy atom. The van der Waals surface area contributed by atoms with E-state index >= 15 is 0 Å². The van der Waals surface area contributed by atoms with E-state index in [1.54, 1.807) is 0 Å². The van der Waals surface area contributed by atoms with Gasteiger partial charge in [-0.1, -0.05) is 54.4 Å². The van der Waals surface area contributed by atoms with Gasteiger partial charge >= 0.3 is 0 Å². The minimum Gasteiger partial charge on any atom is -0.390 e. The van der Waals surface area contributed by atoms with E-state index in [4.69, 9.17) is 24.5 Å². The van der Waals surface area contributed by atoms with E-state index in [0.717, 1.165) is 37.7 Å². The van der Waals surface area contributed by atoms with Crippen LogP contribution in [0.5, 0.6) is 0 Å². The third-order valence-corrected chi connectivity index (χ3v) is 5.17. The molecule has 1 aromatic rings. The second-order valence-electron chi connectivity index (χ2n) is 7.27. The number of hydrogen-bond donors (Lipinski definition) is 1. The Bertz CT molecular complexity index is 682. The first-order valence-corrected chi connectivity index (χ1v) is 10.2. The summed E-state index contributed by atoms with van der Waals surface area (Å²) in [6, 6.07) is 8.61. The Balaban J connectivity index is 1.56. The van der Waals surface area contributed by atoms with Gasteiger partial charge in [0.05, 0.1) is 12.7 Å². The van der Waals surface area contributed by atoms with E-state index in [1.807, 2.05) is 36.4 Å². The predicted octanol–water partition coefficient (Wildman–Crippen LogP) is 4.02. The van der Waals surface area contributed by atoms with E-state index in [0.29, 0.717) is 6.61 Å². The molecular formula is C21H29N3O5. The summed E-state index contributed by atoms with van der Waals surface area (Å²) in [6.45, 7) is 4.44. The fourth-order valence-electron chi connectivity index (χ4n) is 3.62. The van der Waals surface area contributed by atoms with Crippen molar-refractivity contribution in [3.63, 3.8) is 0 Å². The summed E-state index contributed by atoms with van der Waals surface area (Å²) in [5, 5.41) is 14.5. The lowest BCUT2D eigenvalue weighted by atomic mass is 9.96. The van der Waals surface area contributed by atoms with Gasteiger partial charge in [-0.05, 0) is 24.8 Å². The Morgan fingerprint density at radius 2 is 2.00 bits per heavy atom. The Labute approximate surface area is 171 Å². The fraction of sp³-hybridized carbons (Fsp3) is 0.619. The third kappa shape index (κ3) is 5.79. The zero-order valence-corrected chi connectivity index (χ0v) is 16.5. The van der Waals surface area contributed by atoms with Gasteiger partial charge in [0.2, 0.25) is 0 Å². The topological polar surface area (TPSA) is 106 Å². The number of fused-ring (bicyclic) bond motifs is 1. The SMILES string of the molecule is C=CCCCCCCO[C@@H]1O[C@@H]2COC(c3ccccc3)O[C@@H]2[C@H](O)[C@H]1N=[N+]=[N-]. The third-order valence-electron chi connectivity index (χ3n) is 5.17. The number of benzene rings is 1. The molecule has 0 aromatic heterocycles. The zero-order valence-electron chi connectivity index (χ0n) is 16.5. The first kappa shape index (κ1) is 21.8. The van der Waals surface area contributed by atoms with Crippen molar-refractivity contribution in [1.82, 2.24) is 0 Å². The first-order valence-electron chi connectivity index (χ1n) is 10.2. The van der Waals surface area contributed by atoms with Crippen LogP contribution in [0.2, 0.25) is 0 Å². The summed E-state index contributed by atoms with van der Waals surface area (Å²) in [7, 11) is 0. The molecule has 6 atom stereocenters. The summed E-state index contributed by atoms with van der Waals surface area (Å²) in [6.07, 6.45) is 3.44. The summed E-state index contributed by atoms with van der Waals surface area (Å²) in [5.41, 5.74) is 9.79. The maximum Gasteiger partial charge on any atom is 0.184 e. The summed E-state index contributed by atoms with van der Waals surface area (Å²) in [4.78, 5) is 2.86. The van der Waals surface area contributed by atoms with E-state index in [1.165, 1.54) is 0 Å². The highest BCUT2D eigenvalue weighted by molar-refractivity contribution is 5.16. The molecule has 158 valence electrons. The van der Waals surface area contributed by atoms with Gasteiger partial charge in [0, 0.05) is 17.1 Å². The molecule has 0 amide bonds. The number of aliphatic hydroxyl groups is 1. The number of allylic oxidation sites excluding steroid dienone is 1. The van der Waals surface area contributed by atoms with Crippen LogP contribution in [0.1, 0.15) is 44.0 Å². The molecule has 1 unspecified atom stereocenters. The number of hydrogen-bond acceptors (Lipinski definition) is 6. The highest BCUT2D eigenvalue weighted by Crippen LogP contribution is 2.35. The van der Waals surface area contributed by atoms with Crippen LogP contribution in [0.4, 0.5) is 0 Å². The van der Waals surface area contributed by atoms with Crippen LogP contribution in [0, 0.1) is 0 Å².